The van der Waals surface area contributed by atoms with Crippen molar-refractivity contribution < 1.29 is 18.3 Å². The molecule has 26 heavy (non-hydrogen) atoms. The summed E-state index contributed by atoms with van der Waals surface area (Å²) in [6.45, 7) is 4.73. The van der Waals surface area contributed by atoms with Crippen LogP contribution in [-0.2, 0) is 9.47 Å². The molecule has 1 aromatic carbocycles. The van der Waals surface area contributed by atoms with Gasteiger partial charge in [0.25, 0.3) is 0 Å². The van der Waals surface area contributed by atoms with E-state index in [9.17, 15) is 8.78 Å². The molecule has 1 fully saturated rings. The summed E-state index contributed by atoms with van der Waals surface area (Å²) < 4.78 is 37.9. The molecule has 2 N–H and O–H groups in total. The molecule has 1 aliphatic rings. The smallest absolute Gasteiger partial charge is 0.191 e. The first-order chi connectivity index (χ1) is 12.1. The summed E-state index contributed by atoms with van der Waals surface area (Å²) in [5.41, 5.74) is 0.396. The summed E-state index contributed by atoms with van der Waals surface area (Å²) in [5.74, 6) is -0.580. The highest BCUT2D eigenvalue weighted by atomic mass is 127. The summed E-state index contributed by atoms with van der Waals surface area (Å²) in [6, 6.07) is 3.25. The van der Waals surface area contributed by atoms with E-state index < -0.39 is 11.6 Å². The zero-order chi connectivity index (χ0) is 18.1. The molecule has 8 heteroatoms. The molecule has 1 heterocycles. The second-order valence-corrected chi connectivity index (χ2v) is 6.07. The number of hydrogen-bond acceptors (Lipinski definition) is 3. The van der Waals surface area contributed by atoms with E-state index in [1.807, 2.05) is 0 Å². The first kappa shape index (κ1) is 23.0. The zero-order valence-electron chi connectivity index (χ0n) is 15.3. The summed E-state index contributed by atoms with van der Waals surface area (Å²) >= 11 is 0. The third-order valence-corrected chi connectivity index (χ3v) is 4.14. The molecule has 1 aliphatic heterocycles. The van der Waals surface area contributed by atoms with Crippen molar-refractivity contribution in [1.82, 2.24) is 10.6 Å². The van der Waals surface area contributed by atoms with E-state index in [0.717, 1.165) is 38.5 Å². The highest BCUT2D eigenvalue weighted by Crippen LogP contribution is 2.17. The molecule has 0 radical (unpaired) electrons. The molecule has 0 aliphatic carbocycles. The zero-order valence-corrected chi connectivity index (χ0v) is 17.6. The van der Waals surface area contributed by atoms with E-state index in [2.05, 4.69) is 15.6 Å². The summed E-state index contributed by atoms with van der Waals surface area (Å²) in [6.07, 6.45) is 3.05. The van der Waals surface area contributed by atoms with Crippen molar-refractivity contribution in [2.24, 2.45) is 4.99 Å². The number of hydrogen-bond donors (Lipinski definition) is 2. The number of benzene rings is 1. The van der Waals surface area contributed by atoms with Crippen LogP contribution in [0.4, 0.5) is 8.78 Å². The van der Waals surface area contributed by atoms with Gasteiger partial charge in [0.1, 0.15) is 11.6 Å². The number of guanidine groups is 1. The quantitative estimate of drug-likeness (QED) is 0.270. The second kappa shape index (κ2) is 12.4. The van der Waals surface area contributed by atoms with E-state index in [-0.39, 0.29) is 30.0 Å². The minimum atomic E-state index is -0.583. The molecule has 2 rings (SSSR count). The standard InChI is InChI=1S/C18H27F2N3O2.HI/c1-13(16-5-4-14(19)12-17(16)20)23-18(21-2)22-8-3-9-25-15-6-10-24-11-7-15;/h4-5,12-13,15H,3,6-11H2,1-2H3,(H2,21,22,23);1H. The monoisotopic (exact) mass is 483 g/mol. The van der Waals surface area contributed by atoms with Gasteiger partial charge in [-0.2, -0.15) is 0 Å². The molecule has 0 aromatic heterocycles. The molecule has 0 bridgehead atoms. The minimum Gasteiger partial charge on any atom is -0.381 e. The normalized spacial score (nSPS) is 16.7. The summed E-state index contributed by atoms with van der Waals surface area (Å²) in [4.78, 5) is 4.13. The van der Waals surface area contributed by atoms with Gasteiger partial charge in [-0.15, -0.1) is 24.0 Å². The van der Waals surface area contributed by atoms with E-state index in [1.165, 1.54) is 12.1 Å². The number of nitrogens with zero attached hydrogens (tertiary/aromatic N) is 1. The lowest BCUT2D eigenvalue weighted by molar-refractivity contribution is -0.0320. The highest BCUT2D eigenvalue weighted by Gasteiger charge is 2.14. The van der Waals surface area contributed by atoms with Crippen LogP contribution in [-0.4, -0.2) is 45.5 Å². The van der Waals surface area contributed by atoms with E-state index >= 15 is 0 Å². The molecule has 1 saturated heterocycles. The van der Waals surface area contributed by atoms with Gasteiger partial charge in [-0.1, -0.05) is 6.07 Å². The topological polar surface area (TPSA) is 54.9 Å². The Morgan fingerprint density at radius 2 is 2.08 bits per heavy atom. The largest absolute Gasteiger partial charge is 0.381 e. The highest BCUT2D eigenvalue weighted by molar-refractivity contribution is 14.0. The summed E-state index contributed by atoms with van der Waals surface area (Å²) in [7, 11) is 1.65. The maximum Gasteiger partial charge on any atom is 0.191 e. The molecular formula is C18H28F2IN3O2. The Balaban J connectivity index is 0.00000338. The first-order valence-corrected chi connectivity index (χ1v) is 8.71. The van der Waals surface area contributed by atoms with Gasteiger partial charge in [-0.25, -0.2) is 8.78 Å². The van der Waals surface area contributed by atoms with Crippen LogP contribution >= 0.6 is 24.0 Å². The number of rotatable bonds is 7. The van der Waals surface area contributed by atoms with Crippen molar-refractivity contribution in [3.05, 3.63) is 35.4 Å². The molecule has 1 unspecified atom stereocenters. The van der Waals surface area contributed by atoms with Gasteiger partial charge in [0.15, 0.2) is 5.96 Å². The number of halogens is 3. The van der Waals surface area contributed by atoms with Crippen LogP contribution in [0.25, 0.3) is 0 Å². The van der Waals surface area contributed by atoms with Crippen LogP contribution in [0.15, 0.2) is 23.2 Å². The van der Waals surface area contributed by atoms with Crippen molar-refractivity contribution in [3.8, 4) is 0 Å². The molecule has 5 nitrogen and oxygen atoms in total. The maximum absolute atomic E-state index is 13.8. The Labute approximate surface area is 171 Å². The van der Waals surface area contributed by atoms with Crippen LogP contribution in [0.2, 0.25) is 0 Å². The van der Waals surface area contributed by atoms with E-state index in [4.69, 9.17) is 9.47 Å². The fourth-order valence-electron chi connectivity index (χ4n) is 2.70. The lowest BCUT2D eigenvalue weighted by atomic mass is 10.1. The van der Waals surface area contributed by atoms with Gasteiger partial charge in [0.2, 0.25) is 0 Å². The lowest BCUT2D eigenvalue weighted by Crippen LogP contribution is -2.39. The molecule has 0 saturated carbocycles. The van der Waals surface area contributed by atoms with Gasteiger partial charge < -0.3 is 20.1 Å². The minimum absolute atomic E-state index is 0. The molecule has 0 amide bonds. The van der Waals surface area contributed by atoms with Gasteiger partial charge in [-0.3, -0.25) is 4.99 Å². The molecular weight excluding hydrogens is 455 g/mol. The van der Waals surface area contributed by atoms with Crippen molar-refractivity contribution in [1.29, 1.82) is 0 Å². The number of aliphatic imine (C=N–C) groups is 1. The van der Waals surface area contributed by atoms with Crippen LogP contribution in [0.5, 0.6) is 0 Å². The van der Waals surface area contributed by atoms with E-state index in [0.29, 0.717) is 30.8 Å². The van der Waals surface area contributed by atoms with Crippen LogP contribution in [0.1, 0.15) is 37.8 Å². The summed E-state index contributed by atoms with van der Waals surface area (Å²) in [5, 5.41) is 6.28. The number of ether oxygens (including phenoxy) is 2. The fourth-order valence-corrected chi connectivity index (χ4v) is 2.70. The Bertz CT molecular complexity index is 569. The van der Waals surface area contributed by atoms with Gasteiger partial charge in [0, 0.05) is 45.0 Å². The average Bonchev–Trinajstić information content (AvgIpc) is 2.61. The Kier molecular flexibility index (Phi) is 11.0. The van der Waals surface area contributed by atoms with Crippen LogP contribution < -0.4 is 10.6 Å². The first-order valence-electron chi connectivity index (χ1n) is 8.71. The Hall–Kier alpha value is -1.00. The van der Waals surface area contributed by atoms with Crippen molar-refractivity contribution >= 4 is 29.9 Å². The SMILES string of the molecule is CN=C(NCCCOC1CCOCC1)NC(C)c1ccc(F)cc1F.I. The van der Waals surface area contributed by atoms with Crippen LogP contribution in [0.3, 0.4) is 0 Å². The predicted octanol–water partition coefficient (Wildman–Crippen LogP) is 3.39. The van der Waals surface area contributed by atoms with Gasteiger partial charge in [-0.05, 0) is 32.3 Å². The maximum atomic E-state index is 13.8. The van der Waals surface area contributed by atoms with Crippen molar-refractivity contribution in [2.45, 2.75) is 38.3 Å². The average molecular weight is 483 g/mol. The van der Waals surface area contributed by atoms with Gasteiger partial charge >= 0.3 is 0 Å². The lowest BCUT2D eigenvalue weighted by Gasteiger charge is -2.22. The predicted molar refractivity (Wildman–Crippen MR) is 109 cm³/mol. The third kappa shape index (κ3) is 7.71. The third-order valence-electron chi connectivity index (χ3n) is 4.14. The fraction of sp³-hybridized carbons (Fsp3) is 0.611. The Morgan fingerprint density at radius 1 is 1.35 bits per heavy atom. The van der Waals surface area contributed by atoms with Crippen LogP contribution in [0, 0.1) is 11.6 Å². The Morgan fingerprint density at radius 3 is 2.73 bits per heavy atom. The van der Waals surface area contributed by atoms with Crippen molar-refractivity contribution in [2.75, 3.05) is 33.4 Å². The molecule has 148 valence electrons. The molecule has 1 aromatic rings. The van der Waals surface area contributed by atoms with Crippen molar-refractivity contribution in [3.63, 3.8) is 0 Å². The van der Waals surface area contributed by atoms with E-state index in [1.54, 1.807) is 14.0 Å². The number of nitrogens with one attached hydrogen (secondary N) is 2. The van der Waals surface area contributed by atoms with Gasteiger partial charge in [0.05, 0.1) is 12.1 Å². The molecule has 0 spiro atoms. The second-order valence-electron chi connectivity index (χ2n) is 6.07. The molecule has 1 atom stereocenters.